The minimum Gasteiger partial charge on any atom is -0.225 e. The number of benzene rings is 2. The molecule has 0 heterocycles. The van der Waals surface area contributed by atoms with Crippen LogP contribution in [0.15, 0.2) is 28.0 Å². The van der Waals surface area contributed by atoms with Crippen molar-refractivity contribution in [2.45, 2.75) is 33.5 Å². The molecule has 39 heavy (non-hydrogen) atoms. The van der Waals surface area contributed by atoms with Gasteiger partial charge in [0.25, 0.3) is 0 Å². The van der Waals surface area contributed by atoms with E-state index in [0.29, 0.717) is 0 Å². The Bertz CT molecular complexity index is 1540. The first kappa shape index (κ1) is 32.4. The molecule has 0 aliphatic heterocycles. The van der Waals surface area contributed by atoms with Gasteiger partial charge in [-0.05, 0) is 18.2 Å². The maximum atomic E-state index is 14.7. The van der Waals surface area contributed by atoms with Crippen molar-refractivity contribution in [3.8, 4) is 0 Å². The van der Waals surface area contributed by atoms with E-state index < -0.39 is 105 Å². The molecule has 0 unspecified atom stereocenters. The standard InChI is InChI=1S/C16H5F15N2O4S2/c17-4-1-2-6(38(32,34)35)5(3-4)13(22,23)15(26,27)16(28,29)14(24,25)7-8(18)9(19)10(20)11(21)12(7)39(36,37)33(30)31/h1-3H,(H2,32,34,35). The van der Waals surface area contributed by atoms with Crippen molar-refractivity contribution in [3.63, 3.8) is 0 Å². The lowest BCUT2D eigenvalue weighted by molar-refractivity contribution is -0.376. The highest BCUT2D eigenvalue weighted by atomic mass is 32.2. The lowest BCUT2D eigenvalue weighted by atomic mass is 9.89. The molecule has 2 aromatic carbocycles. The van der Waals surface area contributed by atoms with Crippen molar-refractivity contribution in [2.24, 2.45) is 5.14 Å². The summed E-state index contributed by atoms with van der Waals surface area (Å²) in [6.07, 6.45) is 0. The molecule has 0 amide bonds. The summed E-state index contributed by atoms with van der Waals surface area (Å²) in [7, 11) is -13.1. The first-order valence-electron chi connectivity index (χ1n) is 8.78. The lowest BCUT2D eigenvalue weighted by Gasteiger charge is -2.38. The third kappa shape index (κ3) is 4.67. The summed E-state index contributed by atoms with van der Waals surface area (Å²) in [5, 5.41) is 4.42. The second-order valence-corrected chi connectivity index (χ2v) is 10.3. The number of nitrogens with zero attached hydrogens (tertiary/aromatic N) is 1. The van der Waals surface area contributed by atoms with Gasteiger partial charge in [0.05, 0.1) is 16.0 Å². The summed E-state index contributed by atoms with van der Waals surface area (Å²) in [6.45, 7) is 0. The third-order valence-corrected chi connectivity index (χ3v) is 6.98. The number of nitrogens with two attached hydrogens (primary N) is 1. The minimum absolute atomic E-state index is 0.0551. The Labute approximate surface area is 205 Å². The number of hydrogen-bond donors (Lipinski definition) is 1. The zero-order chi connectivity index (χ0) is 30.9. The molecule has 0 saturated heterocycles. The van der Waals surface area contributed by atoms with Crippen LogP contribution in [0.4, 0.5) is 66.0 Å². The van der Waals surface area contributed by atoms with E-state index in [1.54, 1.807) is 0 Å². The first-order valence-corrected chi connectivity index (χ1v) is 11.8. The zero-order valence-corrected chi connectivity index (χ0v) is 19.0. The van der Waals surface area contributed by atoms with Gasteiger partial charge in [-0.1, -0.05) is 8.96 Å². The Balaban J connectivity index is 3.05. The van der Waals surface area contributed by atoms with E-state index in [1.165, 1.54) is 0 Å². The summed E-state index contributed by atoms with van der Waals surface area (Å²) >= 11 is 0. The van der Waals surface area contributed by atoms with Gasteiger partial charge in [0.2, 0.25) is 10.0 Å². The highest BCUT2D eigenvalue weighted by Gasteiger charge is 2.82. The Kier molecular flexibility index (Phi) is 7.81. The molecular formula is C16H5F15N2O4S2. The van der Waals surface area contributed by atoms with Crippen molar-refractivity contribution in [1.82, 2.24) is 4.75 Å². The van der Waals surface area contributed by atoms with E-state index in [1.807, 2.05) is 0 Å². The van der Waals surface area contributed by atoms with Gasteiger partial charge >= 0.3 is 33.7 Å². The van der Waals surface area contributed by atoms with Crippen LogP contribution in [-0.2, 0) is 31.9 Å². The molecule has 0 atom stereocenters. The Hall–Kier alpha value is -2.79. The molecule has 0 aliphatic carbocycles. The van der Waals surface area contributed by atoms with Gasteiger partial charge < -0.3 is 0 Å². The maximum Gasteiger partial charge on any atom is 0.383 e. The molecule has 2 rings (SSSR count). The predicted molar refractivity (Wildman–Crippen MR) is 93.0 cm³/mol. The molecule has 0 bridgehead atoms. The average Bonchev–Trinajstić information content (AvgIpc) is 2.78. The van der Waals surface area contributed by atoms with E-state index in [-0.39, 0.29) is 12.1 Å². The fraction of sp³-hybridized carbons (Fsp3) is 0.250. The molecule has 0 spiro atoms. The van der Waals surface area contributed by atoms with Gasteiger partial charge in [0.1, 0.15) is 15.5 Å². The Morgan fingerprint density at radius 3 is 1.54 bits per heavy atom. The fourth-order valence-corrected chi connectivity index (χ4v) is 4.60. The normalized spacial score (nSPS) is 14.3. The second kappa shape index (κ2) is 9.40. The average molecular weight is 638 g/mol. The minimum atomic E-state index is -8.04. The topological polar surface area (TPSA) is 97.5 Å². The van der Waals surface area contributed by atoms with Crippen molar-refractivity contribution >= 4 is 20.0 Å². The molecule has 2 N–H and O–H groups in total. The second-order valence-electron chi connectivity index (χ2n) is 7.12. The third-order valence-electron chi connectivity index (χ3n) is 4.75. The van der Waals surface area contributed by atoms with Crippen LogP contribution in [0.2, 0.25) is 0 Å². The Morgan fingerprint density at radius 1 is 0.667 bits per heavy atom. The van der Waals surface area contributed by atoms with Crippen molar-refractivity contribution in [2.75, 3.05) is 0 Å². The van der Waals surface area contributed by atoms with Gasteiger partial charge in [0.15, 0.2) is 23.3 Å². The zero-order valence-electron chi connectivity index (χ0n) is 17.4. The number of sulfonamides is 2. The van der Waals surface area contributed by atoms with Gasteiger partial charge in [-0.25, -0.2) is 43.9 Å². The molecule has 0 saturated carbocycles. The fourth-order valence-electron chi connectivity index (χ4n) is 2.92. The van der Waals surface area contributed by atoms with Crippen LogP contribution < -0.4 is 5.14 Å². The van der Waals surface area contributed by atoms with Crippen LogP contribution in [-0.4, -0.2) is 33.4 Å². The van der Waals surface area contributed by atoms with Crippen molar-refractivity contribution in [1.29, 1.82) is 0 Å². The summed E-state index contributed by atoms with van der Waals surface area (Å²) < 4.78 is 253. The van der Waals surface area contributed by atoms with Gasteiger partial charge in [-0.2, -0.15) is 35.1 Å². The number of hydrogen-bond acceptors (Lipinski definition) is 4. The van der Waals surface area contributed by atoms with Crippen LogP contribution >= 0.6 is 0 Å². The highest BCUT2D eigenvalue weighted by molar-refractivity contribution is 7.89. The van der Waals surface area contributed by atoms with Crippen molar-refractivity contribution < 1.29 is 82.9 Å². The Morgan fingerprint density at radius 2 is 1.10 bits per heavy atom. The monoisotopic (exact) mass is 638 g/mol. The van der Waals surface area contributed by atoms with Gasteiger partial charge in [-0.3, -0.25) is 0 Å². The van der Waals surface area contributed by atoms with Crippen LogP contribution in [0.1, 0.15) is 11.1 Å². The number of primary sulfonamides is 1. The molecule has 23 heteroatoms. The SMILES string of the molecule is NS(=O)(=O)c1ccc(F)cc1C(F)(F)C(F)(F)C(F)(F)C(F)(F)c1c(F)c(F)c(F)c(F)c1S(=O)(=O)N(F)F. The first-order chi connectivity index (χ1) is 17.2. The smallest absolute Gasteiger partial charge is 0.225 e. The molecule has 0 radical (unpaired) electrons. The predicted octanol–water partition coefficient (Wildman–Crippen LogP) is 4.94. The van der Waals surface area contributed by atoms with E-state index >= 15 is 0 Å². The molecule has 220 valence electrons. The van der Waals surface area contributed by atoms with Crippen LogP contribution in [0, 0.1) is 29.1 Å². The van der Waals surface area contributed by atoms with Crippen molar-refractivity contribution in [3.05, 3.63) is 58.4 Å². The number of rotatable bonds is 8. The van der Waals surface area contributed by atoms with E-state index in [0.717, 1.165) is 0 Å². The molecule has 6 nitrogen and oxygen atoms in total. The van der Waals surface area contributed by atoms with Crippen LogP contribution in [0.3, 0.4) is 0 Å². The number of halogens is 15. The molecule has 0 fully saturated rings. The molecule has 2 aromatic rings. The summed E-state index contributed by atoms with van der Waals surface area (Å²) in [6, 6.07) is -1.27. The van der Waals surface area contributed by atoms with Gasteiger partial charge in [0, 0.05) is 0 Å². The quantitative estimate of drug-likeness (QED) is 0.192. The van der Waals surface area contributed by atoms with Gasteiger partial charge in [-0.15, -0.1) is 0 Å². The van der Waals surface area contributed by atoms with Crippen LogP contribution in [0.5, 0.6) is 0 Å². The highest BCUT2D eigenvalue weighted by Crippen LogP contribution is 2.61. The lowest BCUT2D eigenvalue weighted by Crippen LogP contribution is -2.60. The number of alkyl halides is 8. The molecule has 0 aromatic heterocycles. The summed E-state index contributed by atoms with van der Waals surface area (Å²) in [5.74, 6) is -47.7. The largest absolute Gasteiger partial charge is 0.383 e. The molecule has 0 aliphatic rings. The van der Waals surface area contributed by atoms with E-state index in [4.69, 9.17) is 0 Å². The van der Waals surface area contributed by atoms with E-state index in [2.05, 4.69) is 5.14 Å². The maximum absolute atomic E-state index is 14.7. The summed E-state index contributed by atoms with van der Waals surface area (Å²) in [4.78, 5) is -6.19. The molecular weight excluding hydrogens is 633 g/mol. The summed E-state index contributed by atoms with van der Waals surface area (Å²) in [5.41, 5.74) is -7.33. The van der Waals surface area contributed by atoms with Crippen LogP contribution in [0.25, 0.3) is 0 Å². The van der Waals surface area contributed by atoms with E-state index in [9.17, 15) is 82.9 Å².